The van der Waals surface area contributed by atoms with Crippen LogP contribution >= 0.6 is 0 Å². The van der Waals surface area contributed by atoms with Crippen LogP contribution in [0.4, 0.5) is 6.01 Å². The zero-order valence-electron chi connectivity index (χ0n) is 21.0. The molecule has 1 N–H and O–H groups in total. The third-order valence-corrected chi connectivity index (χ3v) is 7.98. The molecular formula is C26H38N6O3. The summed E-state index contributed by atoms with van der Waals surface area (Å²) in [6.45, 7) is 6.96. The minimum atomic E-state index is 0.0554. The number of hydrogen-bond acceptors (Lipinski definition) is 8. The van der Waals surface area contributed by atoms with Gasteiger partial charge in [-0.15, -0.1) is 0 Å². The summed E-state index contributed by atoms with van der Waals surface area (Å²) in [6.07, 6.45) is 5.43. The van der Waals surface area contributed by atoms with Crippen LogP contribution < -0.4 is 15.0 Å². The summed E-state index contributed by atoms with van der Waals surface area (Å²) in [5.74, 6) is 2.18. The molecule has 0 saturated carbocycles. The highest BCUT2D eigenvalue weighted by Crippen LogP contribution is 2.26. The summed E-state index contributed by atoms with van der Waals surface area (Å²) in [7, 11) is 3.89. The van der Waals surface area contributed by atoms with E-state index in [1.165, 1.54) is 32.4 Å². The Bertz CT molecular complexity index is 972. The number of benzene rings is 1. The van der Waals surface area contributed by atoms with Crippen LogP contribution in [0.1, 0.15) is 32.1 Å². The number of amides is 1. The molecule has 0 aliphatic carbocycles. The second-order valence-corrected chi connectivity index (χ2v) is 10.3. The first-order valence-corrected chi connectivity index (χ1v) is 13.0. The molecule has 2 aromatic rings. The van der Waals surface area contributed by atoms with Crippen LogP contribution in [0.15, 0.2) is 28.8 Å². The zero-order chi connectivity index (χ0) is 24.2. The second kappa shape index (κ2) is 11.0. The summed E-state index contributed by atoms with van der Waals surface area (Å²) < 4.78 is 10.7. The van der Waals surface area contributed by atoms with E-state index in [1.54, 1.807) is 7.11 Å². The minimum absolute atomic E-state index is 0.0554. The number of likely N-dealkylation sites (N-methyl/N-ethyl adjacent to an activating group) is 1. The highest BCUT2D eigenvalue weighted by molar-refractivity contribution is 5.79. The number of ether oxygens (including phenoxy) is 1. The molecule has 1 aromatic carbocycles. The Morgan fingerprint density at radius 3 is 2.63 bits per heavy atom. The van der Waals surface area contributed by atoms with Crippen LogP contribution in [-0.4, -0.2) is 91.9 Å². The van der Waals surface area contributed by atoms with Gasteiger partial charge in [0, 0.05) is 50.2 Å². The van der Waals surface area contributed by atoms with Crippen LogP contribution in [0, 0.1) is 11.8 Å². The van der Waals surface area contributed by atoms with Gasteiger partial charge >= 0.3 is 6.01 Å². The van der Waals surface area contributed by atoms with Crippen molar-refractivity contribution in [2.75, 3.05) is 64.9 Å². The number of carbonyl (C=O) groups excluding carboxylic acids is 1. The molecule has 3 aliphatic heterocycles. The van der Waals surface area contributed by atoms with Gasteiger partial charge in [0.25, 0.3) is 0 Å². The lowest BCUT2D eigenvalue weighted by molar-refractivity contribution is -0.125. The highest BCUT2D eigenvalue weighted by atomic mass is 16.5. The second-order valence-electron chi connectivity index (χ2n) is 10.3. The fourth-order valence-corrected chi connectivity index (χ4v) is 5.68. The van der Waals surface area contributed by atoms with Gasteiger partial charge in [0.05, 0.1) is 7.11 Å². The molecule has 1 unspecified atom stereocenters. The van der Waals surface area contributed by atoms with E-state index in [-0.39, 0.29) is 11.8 Å². The number of aromatic nitrogens is 2. The van der Waals surface area contributed by atoms with Crippen molar-refractivity contribution in [1.29, 1.82) is 0 Å². The van der Waals surface area contributed by atoms with Crippen molar-refractivity contribution >= 4 is 11.9 Å². The maximum Gasteiger partial charge on any atom is 0.324 e. The summed E-state index contributed by atoms with van der Waals surface area (Å²) in [5.41, 5.74) is 0.885. The number of rotatable bonds is 8. The molecule has 3 fully saturated rings. The van der Waals surface area contributed by atoms with Crippen LogP contribution in [-0.2, 0) is 4.79 Å². The fourth-order valence-electron chi connectivity index (χ4n) is 5.68. The molecule has 0 radical (unpaired) electrons. The van der Waals surface area contributed by atoms with Crippen LogP contribution in [0.3, 0.4) is 0 Å². The lowest BCUT2D eigenvalue weighted by Gasteiger charge is -2.30. The number of likely N-dealkylation sites (tertiary alicyclic amines) is 2. The summed E-state index contributed by atoms with van der Waals surface area (Å²) in [5, 5.41) is 7.38. The van der Waals surface area contributed by atoms with Crippen molar-refractivity contribution in [1.82, 2.24) is 25.3 Å². The number of methoxy groups -OCH3 is 1. The van der Waals surface area contributed by atoms with Crippen molar-refractivity contribution in [3.63, 3.8) is 0 Å². The van der Waals surface area contributed by atoms with Crippen molar-refractivity contribution in [3.05, 3.63) is 24.3 Å². The Kier molecular flexibility index (Phi) is 7.53. The van der Waals surface area contributed by atoms with Gasteiger partial charge in [0.1, 0.15) is 5.75 Å². The quantitative estimate of drug-likeness (QED) is 0.614. The molecule has 5 rings (SSSR count). The molecule has 9 nitrogen and oxygen atoms in total. The lowest BCUT2D eigenvalue weighted by Crippen LogP contribution is -2.42. The van der Waals surface area contributed by atoms with E-state index in [1.807, 2.05) is 24.3 Å². The largest absolute Gasteiger partial charge is 0.497 e. The first kappa shape index (κ1) is 24.1. The maximum atomic E-state index is 12.8. The highest BCUT2D eigenvalue weighted by Gasteiger charge is 2.30. The van der Waals surface area contributed by atoms with E-state index in [0.29, 0.717) is 23.8 Å². The Balaban J connectivity index is 1.04. The van der Waals surface area contributed by atoms with E-state index in [0.717, 1.165) is 56.9 Å². The van der Waals surface area contributed by atoms with Crippen molar-refractivity contribution in [2.45, 2.75) is 38.1 Å². The average Bonchev–Trinajstić information content (AvgIpc) is 3.65. The number of anilines is 1. The van der Waals surface area contributed by atoms with Gasteiger partial charge in [0.15, 0.2) is 0 Å². The van der Waals surface area contributed by atoms with Gasteiger partial charge in [-0.3, -0.25) is 4.79 Å². The van der Waals surface area contributed by atoms with Gasteiger partial charge in [0.2, 0.25) is 11.7 Å². The molecule has 0 bridgehead atoms. The molecule has 1 amide bonds. The molecule has 9 heteroatoms. The predicted octanol–water partition coefficient (Wildman–Crippen LogP) is 2.49. The van der Waals surface area contributed by atoms with Crippen LogP contribution in [0.2, 0.25) is 0 Å². The fraction of sp³-hybridized carbons (Fsp3) is 0.654. The number of carbonyl (C=O) groups is 1. The molecule has 190 valence electrons. The minimum Gasteiger partial charge on any atom is -0.497 e. The van der Waals surface area contributed by atoms with E-state index >= 15 is 0 Å². The topological polar surface area (TPSA) is 87.0 Å². The molecule has 35 heavy (non-hydrogen) atoms. The Labute approximate surface area is 207 Å². The van der Waals surface area contributed by atoms with E-state index in [4.69, 9.17) is 9.26 Å². The lowest BCUT2D eigenvalue weighted by atomic mass is 9.96. The molecule has 1 aromatic heterocycles. The van der Waals surface area contributed by atoms with Crippen LogP contribution in [0.25, 0.3) is 11.4 Å². The smallest absolute Gasteiger partial charge is 0.324 e. The van der Waals surface area contributed by atoms with Crippen molar-refractivity contribution in [3.8, 4) is 17.1 Å². The first-order valence-electron chi connectivity index (χ1n) is 13.0. The number of nitrogens with one attached hydrogen (secondary N) is 1. The van der Waals surface area contributed by atoms with Gasteiger partial charge in [-0.2, -0.15) is 4.98 Å². The van der Waals surface area contributed by atoms with Gasteiger partial charge in [-0.25, -0.2) is 0 Å². The van der Waals surface area contributed by atoms with Crippen LogP contribution in [0.5, 0.6) is 5.75 Å². The van der Waals surface area contributed by atoms with Gasteiger partial charge in [-0.05, 0) is 82.4 Å². The predicted molar refractivity (Wildman–Crippen MR) is 134 cm³/mol. The van der Waals surface area contributed by atoms with Gasteiger partial charge in [-0.1, -0.05) is 5.16 Å². The van der Waals surface area contributed by atoms with E-state index < -0.39 is 0 Å². The third kappa shape index (κ3) is 5.78. The Morgan fingerprint density at radius 2 is 1.91 bits per heavy atom. The van der Waals surface area contributed by atoms with Crippen molar-refractivity contribution < 1.29 is 14.1 Å². The van der Waals surface area contributed by atoms with Gasteiger partial charge < -0.3 is 29.3 Å². The number of piperidine rings is 1. The summed E-state index contributed by atoms with van der Waals surface area (Å²) >= 11 is 0. The third-order valence-electron chi connectivity index (χ3n) is 7.98. The standard InChI is InChI=1S/C26H38N6O3/c1-30-12-3-4-22(30)18-31-13-9-19(17-31)16-27-25(33)21-10-14-32(15-11-21)26-28-24(29-35-26)20-5-7-23(34-2)8-6-20/h5-8,19,21-22H,3-4,9-18H2,1-2H3,(H,27,33)/t19?,22-/m0/s1. The molecule has 4 heterocycles. The SMILES string of the molecule is COc1ccc(-c2noc(N3CCC(C(=O)NCC4CCN(C[C@@H]5CCCN5C)C4)CC3)n2)cc1. The van der Waals surface area contributed by atoms with E-state index in [2.05, 4.69) is 37.2 Å². The molecule has 2 atom stereocenters. The molecular weight excluding hydrogens is 444 g/mol. The maximum absolute atomic E-state index is 12.8. The average molecular weight is 483 g/mol. The molecule has 0 spiro atoms. The van der Waals surface area contributed by atoms with Crippen molar-refractivity contribution in [2.24, 2.45) is 11.8 Å². The van der Waals surface area contributed by atoms with E-state index in [9.17, 15) is 4.79 Å². The summed E-state index contributed by atoms with van der Waals surface area (Å²) in [4.78, 5) is 24.6. The number of hydrogen-bond donors (Lipinski definition) is 1. The molecule has 3 saturated heterocycles. The Hall–Kier alpha value is -2.65. The normalized spacial score (nSPS) is 24.2. The zero-order valence-corrected chi connectivity index (χ0v) is 21.0. The Morgan fingerprint density at radius 1 is 1.11 bits per heavy atom. The monoisotopic (exact) mass is 482 g/mol. The molecule has 3 aliphatic rings. The summed E-state index contributed by atoms with van der Waals surface area (Å²) in [6, 6.07) is 8.83. The number of nitrogens with zero attached hydrogens (tertiary/aromatic N) is 5. The first-order chi connectivity index (χ1) is 17.1.